The molecule has 2 rings (SSSR count). The maximum Gasteiger partial charge on any atom is 0.119 e. The first-order chi connectivity index (χ1) is 10.2. The van der Waals surface area contributed by atoms with Crippen LogP contribution in [-0.4, -0.2) is 18.6 Å². The molecule has 0 fully saturated rings. The molecule has 0 spiro atoms. The van der Waals surface area contributed by atoms with Gasteiger partial charge in [-0.3, -0.25) is 4.98 Å². The molecule has 112 valence electrons. The predicted octanol–water partition coefficient (Wildman–Crippen LogP) is 4.14. The van der Waals surface area contributed by atoms with Crippen LogP contribution in [0, 0.1) is 0 Å². The van der Waals surface area contributed by atoms with Crippen LogP contribution >= 0.6 is 15.9 Å². The van der Waals surface area contributed by atoms with E-state index in [0.717, 1.165) is 35.3 Å². The number of rotatable bonds is 7. The molecule has 21 heavy (non-hydrogen) atoms. The molecule has 0 aliphatic carbocycles. The number of nitrogens with one attached hydrogen (secondary N) is 1. The summed E-state index contributed by atoms with van der Waals surface area (Å²) in [5, 5.41) is 3.57. The van der Waals surface area contributed by atoms with Crippen molar-refractivity contribution in [3.8, 4) is 5.75 Å². The van der Waals surface area contributed by atoms with Crippen LogP contribution in [0.3, 0.4) is 0 Å². The zero-order chi connectivity index (χ0) is 15.1. The first kappa shape index (κ1) is 16.0. The molecular weight excluding hydrogens is 328 g/mol. The summed E-state index contributed by atoms with van der Waals surface area (Å²) in [6, 6.07) is 12.5. The van der Waals surface area contributed by atoms with Crippen molar-refractivity contribution < 1.29 is 4.74 Å². The summed E-state index contributed by atoms with van der Waals surface area (Å²) in [6.07, 6.45) is 3.85. The minimum absolute atomic E-state index is 0.213. The Morgan fingerprint density at radius 3 is 2.81 bits per heavy atom. The molecule has 4 heteroatoms. The lowest BCUT2D eigenvalue weighted by Gasteiger charge is -2.18. The van der Waals surface area contributed by atoms with E-state index in [1.165, 1.54) is 5.56 Å². The first-order valence-corrected chi connectivity index (χ1v) is 8.00. The fraction of sp³-hybridized carbons (Fsp3) is 0.353. The maximum absolute atomic E-state index is 5.30. The normalized spacial score (nSPS) is 12.1. The fourth-order valence-electron chi connectivity index (χ4n) is 2.23. The molecular formula is C17H21BrN2O. The molecule has 1 N–H and O–H groups in total. The summed E-state index contributed by atoms with van der Waals surface area (Å²) in [5.41, 5.74) is 2.31. The highest BCUT2D eigenvalue weighted by Gasteiger charge is 2.13. The van der Waals surface area contributed by atoms with E-state index in [1.807, 2.05) is 24.4 Å². The van der Waals surface area contributed by atoms with Crippen molar-refractivity contribution in [2.45, 2.75) is 25.8 Å². The van der Waals surface area contributed by atoms with Crippen LogP contribution < -0.4 is 10.1 Å². The first-order valence-electron chi connectivity index (χ1n) is 7.20. The Labute approximate surface area is 134 Å². The SMILES string of the molecule is CCCNC(Cc1cccc(OC)c1)c1ccc(Br)cn1. The van der Waals surface area contributed by atoms with Gasteiger partial charge in [0.05, 0.1) is 18.8 Å². The number of ether oxygens (including phenoxy) is 1. The van der Waals surface area contributed by atoms with E-state index >= 15 is 0 Å². The van der Waals surface area contributed by atoms with Crippen molar-refractivity contribution >= 4 is 15.9 Å². The number of nitrogens with zero attached hydrogens (tertiary/aromatic N) is 1. The minimum Gasteiger partial charge on any atom is -0.497 e. The molecule has 3 nitrogen and oxygen atoms in total. The third kappa shape index (κ3) is 4.83. The highest BCUT2D eigenvalue weighted by atomic mass is 79.9. The van der Waals surface area contributed by atoms with E-state index in [0.29, 0.717) is 0 Å². The maximum atomic E-state index is 5.30. The van der Waals surface area contributed by atoms with Gasteiger partial charge in [0, 0.05) is 10.7 Å². The van der Waals surface area contributed by atoms with Crippen LogP contribution in [0.15, 0.2) is 47.1 Å². The van der Waals surface area contributed by atoms with Gasteiger partial charge in [0.1, 0.15) is 5.75 Å². The van der Waals surface area contributed by atoms with Crippen LogP contribution in [-0.2, 0) is 6.42 Å². The average molecular weight is 349 g/mol. The van der Waals surface area contributed by atoms with Crippen LogP contribution in [0.2, 0.25) is 0 Å². The van der Waals surface area contributed by atoms with E-state index in [2.05, 4.69) is 51.4 Å². The Bertz CT molecular complexity index is 557. The number of methoxy groups -OCH3 is 1. The Morgan fingerprint density at radius 2 is 2.14 bits per heavy atom. The molecule has 0 saturated carbocycles. The summed E-state index contributed by atoms with van der Waals surface area (Å²) in [4.78, 5) is 4.53. The van der Waals surface area contributed by atoms with Gasteiger partial charge in [-0.15, -0.1) is 0 Å². The average Bonchev–Trinajstić information content (AvgIpc) is 2.52. The van der Waals surface area contributed by atoms with Crippen LogP contribution in [0.5, 0.6) is 5.75 Å². The molecule has 1 heterocycles. The van der Waals surface area contributed by atoms with Gasteiger partial charge in [0.2, 0.25) is 0 Å². The highest BCUT2D eigenvalue weighted by molar-refractivity contribution is 9.10. The molecule has 0 amide bonds. The summed E-state index contributed by atoms with van der Waals surface area (Å²) in [7, 11) is 1.70. The fourth-order valence-corrected chi connectivity index (χ4v) is 2.46. The Hall–Kier alpha value is -1.39. The standard InChI is InChI=1S/C17H21BrN2O/c1-3-9-19-17(16-8-7-14(18)12-20-16)11-13-5-4-6-15(10-13)21-2/h4-8,10,12,17,19H,3,9,11H2,1-2H3. The van der Waals surface area contributed by atoms with Crippen LogP contribution in [0.4, 0.5) is 0 Å². The molecule has 0 bridgehead atoms. The number of pyridine rings is 1. The molecule has 1 unspecified atom stereocenters. The van der Waals surface area contributed by atoms with Crippen molar-refractivity contribution in [2.75, 3.05) is 13.7 Å². The van der Waals surface area contributed by atoms with Crippen LogP contribution in [0.1, 0.15) is 30.6 Å². The van der Waals surface area contributed by atoms with E-state index in [9.17, 15) is 0 Å². The molecule has 0 aliphatic rings. The molecule has 1 aromatic carbocycles. The van der Waals surface area contributed by atoms with E-state index < -0.39 is 0 Å². The van der Waals surface area contributed by atoms with Crippen molar-refractivity contribution in [1.82, 2.24) is 10.3 Å². The zero-order valence-electron chi connectivity index (χ0n) is 12.5. The lowest BCUT2D eigenvalue weighted by molar-refractivity contribution is 0.413. The second-order valence-electron chi connectivity index (χ2n) is 4.96. The number of halogens is 1. The number of benzene rings is 1. The Kier molecular flexibility index (Phi) is 6.21. The van der Waals surface area contributed by atoms with Crippen molar-refractivity contribution in [3.63, 3.8) is 0 Å². The van der Waals surface area contributed by atoms with Crippen molar-refractivity contribution in [2.24, 2.45) is 0 Å². The summed E-state index contributed by atoms with van der Waals surface area (Å²) in [6.45, 7) is 3.15. The monoisotopic (exact) mass is 348 g/mol. The zero-order valence-corrected chi connectivity index (χ0v) is 14.1. The number of aromatic nitrogens is 1. The van der Waals surface area contributed by atoms with Gasteiger partial charge in [-0.2, -0.15) is 0 Å². The van der Waals surface area contributed by atoms with Gasteiger partial charge in [-0.25, -0.2) is 0 Å². The highest BCUT2D eigenvalue weighted by Crippen LogP contribution is 2.21. The number of hydrogen-bond donors (Lipinski definition) is 1. The largest absolute Gasteiger partial charge is 0.497 e. The summed E-state index contributed by atoms with van der Waals surface area (Å²) < 4.78 is 6.30. The Morgan fingerprint density at radius 1 is 1.29 bits per heavy atom. The second kappa shape index (κ2) is 8.15. The summed E-state index contributed by atoms with van der Waals surface area (Å²) in [5.74, 6) is 0.894. The minimum atomic E-state index is 0.213. The second-order valence-corrected chi connectivity index (χ2v) is 5.88. The van der Waals surface area contributed by atoms with E-state index in [4.69, 9.17) is 4.74 Å². The van der Waals surface area contributed by atoms with E-state index in [1.54, 1.807) is 7.11 Å². The third-order valence-corrected chi connectivity index (χ3v) is 3.79. The predicted molar refractivity (Wildman–Crippen MR) is 89.7 cm³/mol. The van der Waals surface area contributed by atoms with Gasteiger partial charge >= 0.3 is 0 Å². The smallest absolute Gasteiger partial charge is 0.119 e. The third-order valence-electron chi connectivity index (χ3n) is 3.32. The van der Waals surface area contributed by atoms with Gasteiger partial charge in [0.25, 0.3) is 0 Å². The topological polar surface area (TPSA) is 34.1 Å². The lowest BCUT2D eigenvalue weighted by Crippen LogP contribution is -2.25. The molecule has 2 aromatic rings. The molecule has 0 aliphatic heterocycles. The Balaban J connectivity index is 2.17. The molecule has 0 radical (unpaired) electrons. The van der Waals surface area contributed by atoms with Crippen LogP contribution in [0.25, 0.3) is 0 Å². The van der Waals surface area contributed by atoms with Crippen molar-refractivity contribution in [3.05, 3.63) is 58.3 Å². The van der Waals surface area contributed by atoms with Gasteiger partial charge < -0.3 is 10.1 Å². The quantitative estimate of drug-likeness (QED) is 0.816. The van der Waals surface area contributed by atoms with Gasteiger partial charge in [0.15, 0.2) is 0 Å². The van der Waals surface area contributed by atoms with Gasteiger partial charge in [-0.1, -0.05) is 19.1 Å². The molecule has 1 aromatic heterocycles. The van der Waals surface area contributed by atoms with Crippen molar-refractivity contribution in [1.29, 1.82) is 0 Å². The van der Waals surface area contributed by atoms with Gasteiger partial charge in [-0.05, 0) is 65.1 Å². The molecule has 1 atom stereocenters. The molecule has 0 saturated heterocycles. The van der Waals surface area contributed by atoms with E-state index in [-0.39, 0.29) is 6.04 Å². The lowest BCUT2D eigenvalue weighted by atomic mass is 10.0. The number of hydrogen-bond acceptors (Lipinski definition) is 3. The summed E-state index contributed by atoms with van der Waals surface area (Å²) >= 11 is 3.43.